The fraction of sp³-hybridized carbons (Fsp3) is 0.217. The van der Waals surface area contributed by atoms with Crippen molar-refractivity contribution in [3.8, 4) is 0 Å². The highest BCUT2D eigenvalue weighted by Gasteiger charge is 2.18. The van der Waals surface area contributed by atoms with Gasteiger partial charge in [-0.2, -0.15) is 0 Å². The molecule has 4 heteroatoms. The molecule has 0 saturated carbocycles. The molecule has 0 bridgehead atoms. The van der Waals surface area contributed by atoms with Crippen LogP contribution in [0.15, 0.2) is 83.4 Å². The molecule has 0 atom stereocenters. The van der Waals surface area contributed by atoms with Gasteiger partial charge in [-0.25, -0.2) is 4.39 Å². The van der Waals surface area contributed by atoms with Crippen LogP contribution in [-0.4, -0.2) is 11.4 Å². The van der Waals surface area contributed by atoms with E-state index in [-0.39, 0.29) is 5.02 Å². The summed E-state index contributed by atoms with van der Waals surface area (Å²) < 4.78 is 14.1. The molecule has 0 aromatic heterocycles. The van der Waals surface area contributed by atoms with Gasteiger partial charge in [0.25, 0.3) is 0 Å². The Labute approximate surface area is 166 Å². The van der Waals surface area contributed by atoms with Crippen molar-refractivity contribution in [3.63, 3.8) is 0 Å². The van der Waals surface area contributed by atoms with Crippen molar-refractivity contribution in [2.45, 2.75) is 27.2 Å². The lowest BCUT2D eigenvalue weighted by molar-refractivity contribution is 0.547. The lowest BCUT2D eigenvalue weighted by atomic mass is 9.97. The molecule has 0 fully saturated rings. The second-order valence-electron chi connectivity index (χ2n) is 6.66. The number of hydrogen-bond donors (Lipinski definition) is 1. The standard InChI is InChI=1S/C23H26ClFN2/c1-15(2)20-13-18(5)27(14-17(20)4)22(11-12-26)16(3)9-10-19-7-6-8-21(24)23(19)25/h6-10,13-14H,1,5,11-12,26H2,2-4H3/b10-9+,22-16+. The molecule has 0 saturated heterocycles. The second-order valence-corrected chi connectivity index (χ2v) is 7.06. The molecule has 0 unspecified atom stereocenters. The monoisotopic (exact) mass is 384 g/mol. The first kappa shape index (κ1) is 20.9. The van der Waals surface area contributed by atoms with E-state index in [1.54, 1.807) is 18.2 Å². The van der Waals surface area contributed by atoms with Crippen LogP contribution in [0.25, 0.3) is 6.08 Å². The molecule has 1 aromatic carbocycles. The summed E-state index contributed by atoms with van der Waals surface area (Å²) in [5.41, 5.74) is 12.4. The third-order valence-electron chi connectivity index (χ3n) is 4.45. The van der Waals surface area contributed by atoms with Gasteiger partial charge in [-0.15, -0.1) is 0 Å². The Morgan fingerprint density at radius 3 is 2.67 bits per heavy atom. The molecule has 142 valence electrons. The van der Waals surface area contributed by atoms with Gasteiger partial charge in [0.2, 0.25) is 0 Å². The highest BCUT2D eigenvalue weighted by atomic mass is 35.5. The minimum Gasteiger partial charge on any atom is -0.330 e. The van der Waals surface area contributed by atoms with E-state index in [0.29, 0.717) is 18.5 Å². The largest absolute Gasteiger partial charge is 0.330 e. The van der Waals surface area contributed by atoms with Gasteiger partial charge in [0.1, 0.15) is 5.82 Å². The molecular formula is C23H26ClFN2. The van der Waals surface area contributed by atoms with Gasteiger partial charge in [0, 0.05) is 29.6 Å². The van der Waals surface area contributed by atoms with E-state index in [9.17, 15) is 4.39 Å². The second kappa shape index (κ2) is 9.03. The van der Waals surface area contributed by atoms with Crippen molar-refractivity contribution in [2.24, 2.45) is 5.73 Å². The number of nitrogens with two attached hydrogens (primary N) is 1. The molecule has 1 aliphatic rings. The highest BCUT2D eigenvalue weighted by molar-refractivity contribution is 6.30. The highest BCUT2D eigenvalue weighted by Crippen LogP contribution is 2.31. The number of allylic oxidation sites excluding steroid dienone is 6. The quantitative estimate of drug-likeness (QED) is 0.579. The van der Waals surface area contributed by atoms with Gasteiger partial charge in [-0.3, -0.25) is 0 Å². The molecule has 2 rings (SSSR count). The van der Waals surface area contributed by atoms with E-state index in [1.165, 1.54) is 6.07 Å². The maximum Gasteiger partial charge on any atom is 0.148 e. The number of rotatable bonds is 6. The van der Waals surface area contributed by atoms with Crippen LogP contribution in [0, 0.1) is 5.82 Å². The summed E-state index contributed by atoms with van der Waals surface area (Å²) in [5.74, 6) is -0.421. The number of benzene rings is 1. The molecule has 2 N–H and O–H groups in total. The number of nitrogens with zero attached hydrogens (tertiary/aromatic N) is 1. The van der Waals surface area contributed by atoms with Crippen LogP contribution in [0.2, 0.25) is 5.02 Å². The first-order chi connectivity index (χ1) is 12.8. The van der Waals surface area contributed by atoms with Crippen LogP contribution < -0.4 is 5.73 Å². The smallest absolute Gasteiger partial charge is 0.148 e. The lowest BCUT2D eigenvalue weighted by Crippen LogP contribution is -2.22. The zero-order valence-corrected chi connectivity index (χ0v) is 16.9. The van der Waals surface area contributed by atoms with Crippen molar-refractivity contribution >= 4 is 17.7 Å². The molecule has 2 nitrogen and oxygen atoms in total. The molecule has 1 aliphatic heterocycles. The Kier molecular flexibility index (Phi) is 7.00. The van der Waals surface area contributed by atoms with Crippen molar-refractivity contribution in [1.82, 2.24) is 4.90 Å². The molecule has 1 heterocycles. The summed E-state index contributed by atoms with van der Waals surface area (Å²) in [6.45, 7) is 14.7. The van der Waals surface area contributed by atoms with E-state index in [2.05, 4.69) is 19.4 Å². The first-order valence-corrected chi connectivity index (χ1v) is 9.20. The van der Waals surface area contributed by atoms with Crippen LogP contribution in [0.3, 0.4) is 0 Å². The average Bonchev–Trinajstić information content (AvgIpc) is 2.62. The molecule has 0 amide bonds. The van der Waals surface area contributed by atoms with Crippen molar-refractivity contribution in [2.75, 3.05) is 6.54 Å². The molecular weight excluding hydrogens is 359 g/mol. The van der Waals surface area contributed by atoms with E-state index >= 15 is 0 Å². The maximum absolute atomic E-state index is 14.1. The van der Waals surface area contributed by atoms with E-state index in [0.717, 1.165) is 33.7 Å². The van der Waals surface area contributed by atoms with Crippen molar-refractivity contribution in [1.29, 1.82) is 0 Å². The molecule has 0 radical (unpaired) electrons. The van der Waals surface area contributed by atoms with Gasteiger partial charge in [-0.1, -0.05) is 54.6 Å². The SMILES string of the molecule is C=C(C)C1=CC(=C)N(/C(CCN)=C(C)/C=C/c2cccc(Cl)c2F)C=C1C. The van der Waals surface area contributed by atoms with Crippen LogP contribution >= 0.6 is 11.6 Å². The fourth-order valence-electron chi connectivity index (χ4n) is 3.01. The molecule has 0 aliphatic carbocycles. The third kappa shape index (κ3) is 4.88. The van der Waals surface area contributed by atoms with Crippen molar-refractivity contribution in [3.05, 3.63) is 99.8 Å². The minimum absolute atomic E-state index is 0.112. The normalized spacial score (nSPS) is 15.6. The summed E-state index contributed by atoms with van der Waals surface area (Å²) in [5, 5.41) is 0.112. The Bertz CT molecular complexity index is 888. The summed E-state index contributed by atoms with van der Waals surface area (Å²) in [7, 11) is 0. The third-order valence-corrected chi connectivity index (χ3v) is 4.74. The Morgan fingerprint density at radius 2 is 2.04 bits per heavy atom. The summed E-state index contributed by atoms with van der Waals surface area (Å²) in [4.78, 5) is 2.04. The van der Waals surface area contributed by atoms with Crippen LogP contribution in [0.5, 0.6) is 0 Å². The fourth-order valence-corrected chi connectivity index (χ4v) is 3.19. The van der Waals surface area contributed by atoms with Crippen LogP contribution in [-0.2, 0) is 0 Å². The lowest BCUT2D eigenvalue weighted by Gasteiger charge is -2.31. The maximum atomic E-state index is 14.1. The van der Waals surface area contributed by atoms with Crippen molar-refractivity contribution < 1.29 is 4.39 Å². The van der Waals surface area contributed by atoms with Gasteiger partial charge < -0.3 is 10.6 Å². The predicted molar refractivity (Wildman–Crippen MR) is 114 cm³/mol. The van der Waals surface area contributed by atoms with Gasteiger partial charge in [-0.05, 0) is 56.2 Å². The summed E-state index contributed by atoms with van der Waals surface area (Å²) in [6.07, 6.45) is 8.36. The minimum atomic E-state index is -0.421. The Hall–Kier alpha value is -2.36. The zero-order valence-electron chi connectivity index (χ0n) is 16.2. The van der Waals surface area contributed by atoms with Gasteiger partial charge in [0.05, 0.1) is 5.02 Å². The molecule has 1 aromatic rings. The summed E-state index contributed by atoms with van der Waals surface area (Å²) >= 11 is 5.86. The average molecular weight is 385 g/mol. The van der Waals surface area contributed by atoms with E-state index in [1.807, 2.05) is 37.8 Å². The predicted octanol–water partition coefficient (Wildman–Crippen LogP) is 6.35. The van der Waals surface area contributed by atoms with Crippen LogP contribution in [0.1, 0.15) is 32.8 Å². The topological polar surface area (TPSA) is 29.3 Å². The van der Waals surface area contributed by atoms with E-state index < -0.39 is 5.82 Å². The molecule has 27 heavy (non-hydrogen) atoms. The zero-order chi connectivity index (χ0) is 20.1. The number of halogens is 2. The Balaban J connectivity index is 2.41. The van der Waals surface area contributed by atoms with E-state index in [4.69, 9.17) is 17.3 Å². The van der Waals surface area contributed by atoms with Gasteiger partial charge in [0.15, 0.2) is 0 Å². The molecule has 0 spiro atoms. The summed E-state index contributed by atoms with van der Waals surface area (Å²) in [6, 6.07) is 4.96. The van der Waals surface area contributed by atoms with Gasteiger partial charge >= 0.3 is 0 Å². The number of hydrogen-bond acceptors (Lipinski definition) is 2. The Morgan fingerprint density at radius 1 is 1.33 bits per heavy atom. The van der Waals surface area contributed by atoms with Crippen LogP contribution in [0.4, 0.5) is 4.39 Å². The first-order valence-electron chi connectivity index (χ1n) is 8.82.